The van der Waals surface area contributed by atoms with Gasteiger partial charge in [0.2, 0.25) is 12.5 Å². The predicted octanol–water partition coefficient (Wildman–Crippen LogP) is 3.13. The van der Waals surface area contributed by atoms with Crippen molar-refractivity contribution in [2.75, 3.05) is 18.5 Å². The smallest absolute Gasteiger partial charge is 0.293 e. The van der Waals surface area contributed by atoms with Crippen LogP contribution in [0.2, 0.25) is 0 Å². The van der Waals surface area contributed by atoms with Crippen molar-refractivity contribution in [3.05, 3.63) is 67.8 Å². The van der Waals surface area contributed by atoms with Gasteiger partial charge in [0, 0.05) is 29.0 Å². The number of likely N-dealkylation sites (N-methyl/N-ethyl adjacent to an activating group) is 1. The molecule has 1 atom stereocenters. The van der Waals surface area contributed by atoms with Gasteiger partial charge < -0.3 is 9.88 Å². The van der Waals surface area contributed by atoms with E-state index in [9.17, 15) is 25.0 Å². The zero-order valence-corrected chi connectivity index (χ0v) is 16.0. The molecule has 10 nitrogen and oxygen atoms in total. The summed E-state index contributed by atoms with van der Waals surface area (Å²) in [5, 5.41) is 32.5. The first-order chi connectivity index (χ1) is 14.2. The summed E-state index contributed by atoms with van der Waals surface area (Å²) in [6.45, 7) is 0.806. The number of hydrogen-bond donors (Lipinski definition) is 1. The standard InChI is InChI=1S/C20H15N5O5/c1-20(10-24(27)28)16-15-13(23(2)19(20)26)7-8-14(25(29)30)18(15)22-17(16)12-5-3-11(9-21)4-6-12/h3-8,22H,10H2,1-2H3. The third kappa shape index (κ3) is 2.52. The highest BCUT2D eigenvalue weighted by Crippen LogP contribution is 2.49. The van der Waals surface area contributed by atoms with Gasteiger partial charge in [0.05, 0.1) is 27.9 Å². The van der Waals surface area contributed by atoms with E-state index in [4.69, 9.17) is 5.26 Å². The molecule has 3 aromatic rings. The van der Waals surface area contributed by atoms with Gasteiger partial charge in [-0.3, -0.25) is 25.0 Å². The maximum Gasteiger partial charge on any atom is 0.293 e. The Hall–Kier alpha value is -4.26. The number of aromatic amines is 1. The first-order valence-electron chi connectivity index (χ1n) is 8.93. The van der Waals surface area contributed by atoms with Gasteiger partial charge in [-0.05, 0) is 30.7 Å². The Balaban J connectivity index is 2.15. The first kappa shape index (κ1) is 19.1. The summed E-state index contributed by atoms with van der Waals surface area (Å²) < 4.78 is 0. The number of carbonyl (C=O) groups excluding carboxylic acids is 1. The molecule has 2 heterocycles. The zero-order chi connectivity index (χ0) is 21.8. The molecule has 1 unspecified atom stereocenters. The number of nitrogens with zero attached hydrogens (tertiary/aromatic N) is 4. The minimum Gasteiger partial charge on any atom is -0.349 e. The summed E-state index contributed by atoms with van der Waals surface area (Å²) in [4.78, 5) is 39.5. The summed E-state index contributed by atoms with van der Waals surface area (Å²) >= 11 is 0. The highest BCUT2D eigenvalue weighted by Gasteiger charge is 2.50. The van der Waals surface area contributed by atoms with Gasteiger partial charge in [0.15, 0.2) is 0 Å². The Morgan fingerprint density at radius 3 is 2.40 bits per heavy atom. The third-order valence-corrected chi connectivity index (χ3v) is 5.55. The van der Waals surface area contributed by atoms with Gasteiger partial charge in [-0.2, -0.15) is 5.26 Å². The fourth-order valence-corrected chi connectivity index (χ4v) is 4.18. The van der Waals surface area contributed by atoms with Crippen molar-refractivity contribution in [3.63, 3.8) is 0 Å². The van der Waals surface area contributed by atoms with E-state index in [1.807, 2.05) is 6.07 Å². The van der Waals surface area contributed by atoms with Gasteiger partial charge >= 0.3 is 0 Å². The monoisotopic (exact) mass is 405 g/mol. The van der Waals surface area contributed by atoms with Crippen LogP contribution in [-0.4, -0.2) is 34.3 Å². The maximum atomic E-state index is 13.2. The fourth-order valence-electron chi connectivity index (χ4n) is 4.18. The SMILES string of the molecule is CN1C(=O)C(C)(C[N+](=O)[O-])c2c(-c3ccc(C#N)cc3)[nH]c3c([N+](=O)[O-])ccc1c23. The second-order valence-electron chi connectivity index (χ2n) is 7.36. The normalized spacial score (nSPS) is 17.8. The lowest BCUT2D eigenvalue weighted by molar-refractivity contribution is -0.487. The summed E-state index contributed by atoms with van der Waals surface area (Å²) in [5.74, 6) is -0.476. The predicted molar refractivity (Wildman–Crippen MR) is 108 cm³/mol. The van der Waals surface area contributed by atoms with Crippen molar-refractivity contribution < 1.29 is 14.6 Å². The van der Waals surface area contributed by atoms with Crippen LogP contribution in [-0.2, 0) is 10.2 Å². The number of carbonyl (C=O) groups is 1. The molecule has 0 spiro atoms. The summed E-state index contributed by atoms with van der Waals surface area (Å²) in [7, 11) is 1.50. The molecule has 1 N–H and O–H groups in total. The number of non-ortho nitro benzene ring substituents is 1. The summed E-state index contributed by atoms with van der Waals surface area (Å²) in [6.07, 6.45) is 0. The van der Waals surface area contributed by atoms with Crippen LogP contribution in [0.5, 0.6) is 0 Å². The van der Waals surface area contributed by atoms with Gasteiger partial charge in [0.1, 0.15) is 10.9 Å². The Bertz CT molecular complexity index is 1290. The Kier molecular flexibility index (Phi) is 4.06. The molecular weight excluding hydrogens is 390 g/mol. The van der Waals surface area contributed by atoms with Crippen molar-refractivity contribution >= 4 is 28.2 Å². The van der Waals surface area contributed by atoms with E-state index in [0.717, 1.165) is 0 Å². The fraction of sp³-hybridized carbons (Fsp3) is 0.200. The van der Waals surface area contributed by atoms with E-state index < -0.39 is 27.7 Å². The number of aromatic nitrogens is 1. The van der Waals surface area contributed by atoms with Crippen LogP contribution in [0, 0.1) is 31.6 Å². The van der Waals surface area contributed by atoms with Crippen LogP contribution in [0.1, 0.15) is 18.1 Å². The van der Waals surface area contributed by atoms with Crippen LogP contribution >= 0.6 is 0 Å². The van der Waals surface area contributed by atoms with Gasteiger partial charge in [-0.25, -0.2) is 0 Å². The molecule has 0 aliphatic carbocycles. The number of rotatable bonds is 4. The van der Waals surface area contributed by atoms with Crippen molar-refractivity contribution in [1.29, 1.82) is 5.26 Å². The van der Waals surface area contributed by atoms with Crippen molar-refractivity contribution in [2.24, 2.45) is 0 Å². The van der Waals surface area contributed by atoms with Crippen LogP contribution in [0.3, 0.4) is 0 Å². The number of anilines is 1. The van der Waals surface area contributed by atoms with E-state index >= 15 is 0 Å². The van der Waals surface area contributed by atoms with Crippen molar-refractivity contribution in [2.45, 2.75) is 12.3 Å². The highest BCUT2D eigenvalue weighted by molar-refractivity contribution is 6.18. The second kappa shape index (κ2) is 6.38. The number of hydrogen-bond acceptors (Lipinski definition) is 6. The molecule has 30 heavy (non-hydrogen) atoms. The lowest BCUT2D eigenvalue weighted by Gasteiger charge is -2.35. The molecular formula is C20H15N5O5. The van der Waals surface area contributed by atoms with Gasteiger partial charge in [-0.1, -0.05) is 12.1 Å². The molecule has 150 valence electrons. The van der Waals surface area contributed by atoms with E-state index in [-0.39, 0.29) is 11.2 Å². The summed E-state index contributed by atoms with van der Waals surface area (Å²) in [6, 6.07) is 11.2. The van der Waals surface area contributed by atoms with E-state index in [0.29, 0.717) is 33.5 Å². The topological polar surface area (TPSA) is 146 Å². The number of nitriles is 1. The van der Waals surface area contributed by atoms with Crippen LogP contribution in [0.15, 0.2) is 36.4 Å². The number of benzene rings is 2. The van der Waals surface area contributed by atoms with Crippen LogP contribution < -0.4 is 4.90 Å². The average Bonchev–Trinajstić information content (AvgIpc) is 3.11. The third-order valence-electron chi connectivity index (χ3n) is 5.55. The minimum absolute atomic E-state index is 0.193. The molecule has 2 aromatic carbocycles. The number of H-pyrrole nitrogens is 1. The molecule has 1 amide bonds. The maximum absolute atomic E-state index is 13.2. The van der Waals surface area contributed by atoms with Gasteiger partial charge in [-0.15, -0.1) is 0 Å². The molecule has 0 saturated carbocycles. The van der Waals surface area contributed by atoms with Crippen molar-refractivity contribution in [3.8, 4) is 17.3 Å². The molecule has 0 bridgehead atoms. The molecule has 0 radical (unpaired) electrons. The lowest BCUT2D eigenvalue weighted by atomic mass is 9.75. The number of nitro groups is 2. The number of nitro benzene ring substituents is 1. The van der Waals surface area contributed by atoms with E-state index in [2.05, 4.69) is 4.98 Å². The molecule has 1 aliphatic rings. The minimum atomic E-state index is -1.54. The van der Waals surface area contributed by atoms with Crippen LogP contribution in [0.25, 0.3) is 22.2 Å². The number of amides is 1. The molecule has 0 fully saturated rings. The molecule has 10 heteroatoms. The quantitative estimate of drug-likeness (QED) is 0.521. The van der Waals surface area contributed by atoms with Crippen LogP contribution in [0.4, 0.5) is 11.4 Å². The second-order valence-corrected chi connectivity index (χ2v) is 7.36. The Morgan fingerprint density at radius 1 is 1.17 bits per heavy atom. The molecule has 1 aliphatic heterocycles. The number of nitrogens with one attached hydrogen (secondary N) is 1. The van der Waals surface area contributed by atoms with E-state index in [1.165, 1.54) is 31.0 Å². The lowest BCUT2D eigenvalue weighted by Crippen LogP contribution is -2.50. The molecule has 1 aromatic heterocycles. The first-order valence-corrected chi connectivity index (χ1v) is 8.93. The summed E-state index contributed by atoms with van der Waals surface area (Å²) in [5.41, 5.74) is 0.611. The average molecular weight is 405 g/mol. The van der Waals surface area contributed by atoms with Gasteiger partial charge in [0.25, 0.3) is 5.69 Å². The Labute approximate surface area is 169 Å². The highest BCUT2D eigenvalue weighted by atomic mass is 16.6. The van der Waals surface area contributed by atoms with E-state index in [1.54, 1.807) is 24.3 Å². The molecule has 0 saturated heterocycles. The van der Waals surface area contributed by atoms with Crippen molar-refractivity contribution in [1.82, 2.24) is 4.98 Å². The largest absolute Gasteiger partial charge is 0.349 e. The zero-order valence-electron chi connectivity index (χ0n) is 16.0. The molecule has 4 rings (SSSR count). The Morgan fingerprint density at radius 2 is 1.83 bits per heavy atom.